The van der Waals surface area contributed by atoms with Gasteiger partial charge in [-0.3, -0.25) is 14.9 Å². The fourth-order valence-corrected chi connectivity index (χ4v) is 2.57. The molecule has 8 heteroatoms. The van der Waals surface area contributed by atoms with E-state index in [1.54, 1.807) is 6.07 Å². The minimum Gasteiger partial charge on any atom is -0.494 e. The predicted molar refractivity (Wildman–Crippen MR) is 96.1 cm³/mol. The number of benzene rings is 2. The summed E-state index contributed by atoms with van der Waals surface area (Å²) < 4.78 is 5.09. The SMILES string of the molecule is COc1cc([N+](=O)[O-])ccc1NC(=O)CN[C@H](C)c1ccccc1Cl. The van der Waals surface area contributed by atoms with Crippen molar-refractivity contribution in [3.8, 4) is 5.75 Å². The molecule has 1 atom stereocenters. The fourth-order valence-electron chi connectivity index (χ4n) is 2.27. The fraction of sp³-hybridized carbons (Fsp3) is 0.235. The summed E-state index contributed by atoms with van der Waals surface area (Å²) in [4.78, 5) is 22.4. The molecule has 7 nitrogen and oxygen atoms in total. The molecular formula is C17H18ClN3O4. The number of nitro groups is 1. The third kappa shape index (κ3) is 4.91. The standard InChI is InChI=1S/C17H18ClN3O4/c1-11(13-5-3-4-6-14(13)18)19-10-17(22)20-15-8-7-12(21(23)24)9-16(15)25-2/h3-9,11,19H,10H2,1-2H3,(H,20,22)/t11-/m1/s1. The van der Waals surface area contributed by atoms with Crippen LogP contribution in [0.3, 0.4) is 0 Å². The molecule has 132 valence electrons. The summed E-state index contributed by atoms with van der Waals surface area (Å²) in [6, 6.07) is 11.3. The van der Waals surface area contributed by atoms with Crippen LogP contribution in [-0.4, -0.2) is 24.5 Å². The summed E-state index contributed by atoms with van der Waals surface area (Å²) >= 11 is 6.13. The molecule has 2 N–H and O–H groups in total. The number of amides is 1. The smallest absolute Gasteiger partial charge is 0.273 e. The van der Waals surface area contributed by atoms with Gasteiger partial charge < -0.3 is 15.4 Å². The van der Waals surface area contributed by atoms with Gasteiger partial charge in [-0.2, -0.15) is 0 Å². The van der Waals surface area contributed by atoms with E-state index in [1.165, 1.54) is 25.3 Å². The van der Waals surface area contributed by atoms with Gasteiger partial charge in [-0.25, -0.2) is 0 Å². The number of hydrogen-bond acceptors (Lipinski definition) is 5. The number of carbonyl (C=O) groups excluding carboxylic acids is 1. The first-order valence-electron chi connectivity index (χ1n) is 7.52. The van der Waals surface area contributed by atoms with Gasteiger partial charge in [0, 0.05) is 17.1 Å². The molecule has 0 aliphatic rings. The van der Waals surface area contributed by atoms with Crippen LogP contribution in [0.2, 0.25) is 5.02 Å². The van der Waals surface area contributed by atoms with E-state index in [-0.39, 0.29) is 29.9 Å². The van der Waals surface area contributed by atoms with Crippen molar-refractivity contribution in [3.63, 3.8) is 0 Å². The summed E-state index contributed by atoms with van der Waals surface area (Å²) in [6.45, 7) is 1.95. The van der Waals surface area contributed by atoms with Crippen LogP contribution in [0.5, 0.6) is 5.75 Å². The third-order valence-electron chi connectivity index (χ3n) is 3.61. The van der Waals surface area contributed by atoms with Crippen molar-refractivity contribution in [2.45, 2.75) is 13.0 Å². The third-order valence-corrected chi connectivity index (χ3v) is 3.95. The molecule has 0 radical (unpaired) electrons. The van der Waals surface area contributed by atoms with Gasteiger partial charge >= 0.3 is 0 Å². The molecule has 0 saturated heterocycles. The highest BCUT2D eigenvalue weighted by Gasteiger charge is 2.14. The molecule has 1 amide bonds. The van der Waals surface area contributed by atoms with Gasteiger partial charge in [0.15, 0.2) is 0 Å². The Labute approximate surface area is 150 Å². The van der Waals surface area contributed by atoms with E-state index in [0.29, 0.717) is 10.7 Å². The second-order valence-corrected chi connectivity index (χ2v) is 5.72. The summed E-state index contributed by atoms with van der Waals surface area (Å²) in [7, 11) is 1.38. The van der Waals surface area contributed by atoms with Crippen LogP contribution in [0.4, 0.5) is 11.4 Å². The Hall–Kier alpha value is -2.64. The first-order valence-corrected chi connectivity index (χ1v) is 7.90. The zero-order valence-electron chi connectivity index (χ0n) is 13.8. The van der Waals surface area contributed by atoms with Crippen LogP contribution in [0.1, 0.15) is 18.5 Å². The monoisotopic (exact) mass is 363 g/mol. The zero-order chi connectivity index (χ0) is 18.4. The number of carbonyl (C=O) groups is 1. The number of anilines is 1. The van der Waals surface area contributed by atoms with E-state index in [9.17, 15) is 14.9 Å². The van der Waals surface area contributed by atoms with Gasteiger partial charge in [0.25, 0.3) is 5.69 Å². The van der Waals surface area contributed by atoms with E-state index < -0.39 is 4.92 Å². The molecule has 0 aliphatic carbocycles. The van der Waals surface area contributed by atoms with Crippen LogP contribution < -0.4 is 15.4 Å². The topological polar surface area (TPSA) is 93.5 Å². The first kappa shape index (κ1) is 18.7. The number of ether oxygens (including phenoxy) is 1. The average molecular weight is 364 g/mol. The molecule has 0 fully saturated rings. The lowest BCUT2D eigenvalue weighted by Crippen LogP contribution is -2.30. The molecule has 2 aromatic carbocycles. The second-order valence-electron chi connectivity index (χ2n) is 5.31. The Kier molecular flexibility index (Phi) is 6.32. The number of rotatable bonds is 7. The largest absolute Gasteiger partial charge is 0.494 e. The molecule has 0 aliphatic heterocycles. The lowest BCUT2D eigenvalue weighted by atomic mass is 10.1. The number of methoxy groups -OCH3 is 1. The second kappa shape index (κ2) is 8.46. The minimum atomic E-state index is -0.527. The number of hydrogen-bond donors (Lipinski definition) is 2. The highest BCUT2D eigenvalue weighted by molar-refractivity contribution is 6.31. The van der Waals surface area contributed by atoms with Gasteiger partial charge in [0.05, 0.1) is 30.3 Å². The molecule has 25 heavy (non-hydrogen) atoms. The van der Waals surface area contributed by atoms with Crippen molar-refractivity contribution < 1.29 is 14.5 Å². The molecule has 0 saturated carbocycles. The van der Waals surface area contributed by atoms with E-state index in [0.717, 1.165) is 5.56 Å². The maximum Gasteiger partial charge on any atom is 0.273 e. The molecule has 0 aromatic heterocycles. The predicted octanol–water partition coefficient (Wildman–Crippen LogP) is 3.55. The minimum absolute atomic E-state index is 0.0481. The summed E-state index contributed by atoms with van der Waals surface area (Å²) in [5.41, 5.74) is 1.15. The highest BCUT2D eigenvalue weighted by atomic mass is 35.5. The number of nitro benzene ring substituents is 1. The quantitative estimate of drug-likeness (QED) is 0.579. The maximum absolute atomic E-state index is 12.1. The van der Waals surface area contributed by atoms with Crippen LogP contribution in [-0.2, 0) is 4.79 Å². The van der Waals surface area contributed by atoms with Crippen molar-refractivity contribution in [1.82, 2.24) is 5.32 Å². The Morgan fingerprint density at radius 3 is 2.68 bits per heavy atom. The van der Waals surface area contributed by atoms with Gasteiger partial charge in [-0.1, -0.05) is 29.8 Å². The van der Waals surface area contributed by atoms with Crippen LogP contribution in [0.15, 0.2) is 42.5 Å². The molecular weight excluding hydrogens is 346 g/mol. The van der Waals surface area contributed by atoms with Gasteiger partial charge in [0.1, 0.15) is 5.75 Å². The average Bonchev–Trinajstić information content (AvgIpc) is 2.60. The number of halogens is 1. The van der Waals surface area contributed by atoms with Crippen LogP contribution >= 0.6 is 11.6 Å². The van der Waals surface area contributed by atoms with Crippen LogP contribution in [0.25, 0.3) is 0 Å². The van der Waals surface area contributed by atoms with E-state index in [2.05, 4.69) is 10.6 Å². The Morgan fingerprint density at radius 1 is 1.32 bits per heavy atom. The Morgan fingerprint density at radius 2 is 2.04 bits per heavy atom. The first-order chi connectivity index (χ1) is 11.9. The molecule has 2 aromatic rings. The lowest BCUT2D eigenvalue weighted by Gasteiger charge is -2.16. The van der Waals surface area contributed by atoms with Crippen molar-refractivity contribution in [2.24, 2.45) is 0 Å². The molecule has 2 rings (SSSR count). The summed E-state index contributed by atoms with van der Waals surface area (Å²) in [6.07, 6.45) is 0. The summed E-state index contributed by atoms with van der Waals surface area (Å²) in [5.74, 6) is -0.0761. The Bertz CT molecular complexity index is 782. The maximum atomic E-state index is 12.1. The summed E-state index contributed by atoms with van der Waals surface area (Å²) in [5, 5.41) is 17.2. The van der Waals surface area contributed by atoms with Gasteiger partial charge in [0.2, 0.25) is 5.91 Å². The molecule has 0 heterocycles. The van der Waals surface area contributed by atoms with Crippen molar-refractivity contribution >= 4 is 28.9 Å². The van der Waals surface area contributed by atoms with E-state index in [1.807, 2.05) is 25.1 Å². The molecule has 0 spiro atoms. The van der Waals surface area contributed by atoms with Gasteiger partial charge in [-0.05, 0) is 24.6 Å². The lowest BCUT2D eigenvalue weighted by molar-refractivity contribution is -0.384. The van der Waals surface area contributed by atoms with Crippen molar-refractivity contribution in [1.29, 1.82) is 0 Å². The highest BCUT2D eigenvalue weighted by Crippen LogP contribution is 2.29. The van der Waals surface area contributed by atoms with Crippen molar-refractivity contribution in [2.75, 3.05) is 19.0 Å². The van der Waals surface area contributed by atoms with Gasteiger partial charge in [-0.15, -0.1) is 0 Å². The number of nitrogens with zero attached hydrogens (tertiary/aromatic N) is 1. The number of non-ortho nitro benzene ring substituents is 1. The van der Waals surface area contributed by atoms with E-state index in [4.69, 9.17) is 16.3 Å². The molecule has 0 unspecified atom stereocenters. The van der Waals surface area contributed by atoms with Crippen LogP contribution in [0, 0.1) is 10.1 Å². The normalized spacial score (nSPS) is 11.6. The van der Waals surface area contributed by atoms with E-state index >= 15 is 0 Å². The van der Waals surface area contributed by atoms with Crippen molar-refractivity contribution in [3.05, 3.63) is 63.2 Å². The number of nitrogens with one attached hydrogen (secondary N) is 2. The Balaban J connectivity index is 1.98. The zero-order valence-corrected chi connectivity index (χ0v) is 14.5. The molecule has 0 bridgehead atoms.